The number of benzene rings is 1. The van der Waals surface area contributed by atoms with Gasteiger partial charge in [-0.15, -0.1) is 0 Å². The van der Waals surface area contributed by atoms with Crippen LogP contribution in [0.15, 0.2) is 34.8 Å². The van der Waals surface area contributed by atoms with Crippen molar-refractivity contribution >= 4 is 21.9 Å². The molecule has 0 spiro atoms. The lowest BCUT2D eigenvalue weighted by atomic mass is 10.1. The summed E-state index contributed by atoms with van der Waals surface area (Å²) < 4.78 is 2.81. The molecular formula is C14H14BrNO2. The topological polar surface area (TPSA) is 42.2 Å². The van der Waals surface area contributed by atoms with Gasteiger partial charge in [0, 0.05) is 16.7 Å². The van der Waals surface area contributed by atoms with Crippen molar-refractivity contribution in [1.29, 1.82) is 0 Å². The van der Waals surface area contributed by atoms with E-state index in [1.165, 1.54) is 0 Å². The molecule has 0 amide bonds. The van der Waals surface area contributed by atoms with Crippen molar-refractivity contribution in [2.24, 2.45) is 0 Å². The van der Waals surface area contributed by atoms with Crippen LogP contribution in [-0.2, 0) is 6.54 Å². The van der Waals surface area contributed by atoms with Crippen molar-refractivity contribution in [2.45, 2.75) is 20.4 Å². The maximum atomic E-state index is 11.1. The zero-order valence-electron chi connectivity index (χ0n) is 10.3. The normalized spacial score (nSPS) is 10.6. The second kappa shape index (κ2) is 4.98. The molecule has 2 aromatic rings. The van der Waals surface area contributed by atoms with E-state index in [1.807, 2.05) is 36.6 Å². The van der Waals surface area contributed by atoms with Gasteiger partial charge in [0.15, 0.2) is 0 Å². The Balaban J connectivity index is 2.60. The number of aromatic nitrogens is 1. The minimum atomic E-state index is -0.894. The van der Waals surface area contributed by atoms with E-state index in [4.69, 9.17) is 5.11 Å². The Morgan fingerprint density at radius 2 is 2.06 bits per heavy atom. The van der Waals surface area contributed by atoms with E-state index in [2.05, 4.69) is 22.0 Å². The molecule has 0 unspecified atom stereocenters. The van der Waals surface area contributed by atoms with Crippen molar-refractivity contribution < 1.29 is 9.90 Å². The molecule has 3 nitrogen and oxygen atoms in total. The predicted molar refractivity (Wildman–Crippen MR) is 74.9 cm³/mol. The first-order valence-electron chi connectivity index (χ1n) is 5.73. The Kier molecular flexibility index (Phi) is 3.57. The van der Waals surface area contributed by atoms with Crippen LogP contribution in [0.1, 0.15) is 23.0 Å². The van der Waals surface area contributed by atoms with Crippen molar-refractivity contribution in [3.8, 4) is 11.3 Å². The van der Waals surface area contributed by atoms with E-state index in [1.54, 1.807) is 6.07 Å². The number of nitrogens with zero attached hydrogens (tertiary/aromatic N) is 1. The first-order valence-corrected chi connectivity index (χ1v) is 6.52. The SMILES string of the molecule is CCn1c(C(=O)O)ccc1-c1cc(C)cc(Br)c1. The smallest absolute Gasteiger partial charge is 0.352 e. The van der Waals surface area contributed by atoms with Crippen LogP contribution in [0.3, 0.4) is 0 Å². The number of rotatable bonds is 3. The average Bonchev–Trinajstić information content (AvgIpc) is 2.70. The molecule has 18 heavy (non-hydrogen) atoms. The lowest BCUT2D eigenvalue weighted by molar-refractivity contribution is 0.0685. The summed E-state index contributed by atoms with van der Waals surface area (Å²) in [6.45, 7) is 4.60. The molecule has 94 valence electrons. The molecule has 0 saturated carbocycles. The third kappa shape index (κ3) is 2.34. The molecule has 2 rings (SSSR count). The third-order valence-corrected chi connectivity index (χ3v) is 3.31. The monoisotopic (exact) mass is 307 g/mol. The van der Waals surface area contributed by atoms with Gasteiger partial charge in [-0.05, 0) is 55.3 Å². The van der Waals surface area contributed by atoms with Crippen LogP contribution in [0.4, 0.5) is 0 Å². The molecule has 0 bridgehead atoms. The number of halogens is 1. The Morgan fingerprint density at radius 3 is 2.61 bits per heavy atom. The van der Waals surface area contributed by atoms with Gasteiger partial charge in [0.25, 0.3) is 0 Å². The van der Waals surface area contributed by atoms with Gasteiger partial charge < -0.3 is 9.67 Å². The molecule has 4 heteroatoms. The number of hydrogen-bond donors (Lipinski definition) is 1. The second-order valence-corrected chi connectivity index (χ2v) is 5.09. The number of aryl methyl sites for hydroxylation is 1. The summed E-state index contributed by atoms with van der Waals surface area (Å²) in [6.07, 6.45) is 0. The van der Waals surface area contributed by atoms with Crippen LogP contribution in [0, 0.1) is 6.92 Å². The molecular weight excluding hydrogens is 294 g/mol. The Labute approximate surface area is 114 Å². The predicted octanol–water partition coefficient (Wildman–Crippen LogP) is 3.94. The Morgan fingerprint density at radius 1 is 1.33 bits per heavy atom. The molecule has 0 atom stereocenters. The number of carboxylic acid groups (broad SMARTS) is 1. The first kappa shape index (κ1) is 12.9. The zero-order chi connectivity index (χ0) is 13.3. The van der Waals surface area contributed by atoms with Crippen LogP contribution in [0.5, 0.6) is 0 Å². The highest BCUT2D eigenvalue weighted by molar-refractivity contribution is 9.10. The summed E-state index contributed by atoms with van der Waals surface area (Å²) in [5, 5.41) is 9.14. The molecule has 0 aliphatic carbocycles. The van der Waals surface area contributed by atoms with Gasteiger partial charge in [-0.1, -0.05) is 15.9 Å². The van der Waals surface area contributed by atoms with Gasteiger partial charge in [-0.2, -0.15) is 0 Å². The summed E-state index contributed by atoms with van der Waals surface area (Å²) >= 11 is 3.47. The highest BCUT2D eigenvalue weighted by atomic mass is 79.9. The number of carboxylic acids is 1. The molecule has 1 aromatic carbocycles. The number of carbonyl (C=O) groups is 1. The van der Waals surface area contributed by atoms with Crippen molar-refractivity contribution in [3.63, 3.8) is 0 Å². The van der Waals surface area contributed by atoms with E-state index in [-0.39, 0.29) is 0 Å². The maximum Gasteiger partial charge on any atom is 0.352 e. The largest absolute Gasteiger partial charge is 0.477 e. The minimum Gasteiger partial charge on any atom is -0.477 e. The van der Waals surface area contributed by atoms with Gasteiger partial charge in [0.2, 0.25) is 0 Å². The number of hydrogen-bond acceptors (Lipinski definition) is 1. The van der Waals surface area contributed by atoms with Crippen LogP contribution >= 0.6 is 15.9 Å². The van der Waals surface area contributed by atoms with Gasteiger partial charge in [0.05, 0.1) is 0 Å². The summed E-state index contributed by atoms with van der Waals surface area (Å²) in [7, 11) is 0. The van der Waals surface area contributed by atoms with Crippen LogP contribution < -0.4 is 0 Å². The first-order chi connectivity index (χ1) is 8.52. The maximum absolute atomic E-state index is 11.1. The highest BCUT2D eigenvalue weighted by Gasteiger charge is 2.14. The van der Waals surface area contributed by atoms with E-state index in [9.17, 15) is 4.79 Å². The molecule has 0 fully saturated rings. The molecule has 1 N–H and O–H groups in total. The van der Waals surface area contributed by atoms with Crippen molar-refractivity contribution in [2.75, 3.05) is 0 Å². The Hall–Kier alpha value is -1.55. The lowest BCUT2D eigenvalue weighted by Gasteiger charge is -2.10. The van der Waals surface area contributed by atoms with Crippen LogP contribution in [0.2, 0.25) is 0 Å². The average molecular weight is 308 g/mol. The minimum absolute atomic E-state index is 0.324. The molecule has 0 aliphatic rings. The fourth-order valence-electron chi connectivity index (χ4n) is 2.13. The quantitative estimate of drug-likeness (QED) is 0.933. The molecule has 0 radical (unpaired) electrons. The third-order valence-electron chi connectivity index (χ3n) is 2.85. The van der Waals surface area contributed by atoms with Gasteiger partial charge in [-0.25, -0.2) is 4.79 Å². The molecule has 1 heterocycles. The van der Waals surface area contributed by atoms with E-state index >= 15 is 0 Å². The highest BCUT2D eigenvalue weighted by Crippen LogP contribution is 2.27. The van der Waals surface area contributed by atoms with E-state index < -0.39 is 5.97 Å². The summed E-state index contributed by atoms with van der Waals surface area (Å²) in [4.78, 5) is 11.1. The van der Waals surface area contributed by atoms with Gasteiger partial charge in [-0.3, -0.25) is 0 Å². The second-order valence-electron chi connectivity index (χ2n) is 4.17. The van der Waals surface area contributed by atoms with Gasteiger partial charge in [0.1, 0.15) is 5.69 Å². The standard InChI is InChI=1S/C14H14BrNO2/c1-3-16-12(4-5-13(16)14(17)18)10-6-9(2)7-11(15)8-10/h4-8H,3H2,1-2H3,(H,17,18). The van der Waals surface area contributed by atoms with Gasteiger partial charge >= 0.3 is 5.97 Å². The van der Waals surface area contributed by atoms with Crippen LogP contribution in [0.25, 0.3) is 11.3 Å². The van der Waals surface area contributed by atoms with E-state index in [0.717, 1.165) is 21.3 Å². The fraction of sp³-hybridized carbons (Fsp3) is 0.214. The molecule has 0 saturated heterocycles. The zero-order valence-corrected chi connectivity index (χ0v) is 11.9. The van der Waals surface area contributed by atoms with Crippen molar-refractivity contribution in [3.05, 3.63) is 46.1 Å². The van der Waals surface area contributed by atoms with E-state index in [0.29, 0.717) is 12.2 Å². The van der Waals surface area contributed by atoms with Crippen LogP contribution in [-0.4, -0.2) is 15.6 Å². The summed E-state index contributed by atoms with van der Waals surface area (Å²) in [6, 6.07) is 9.59. The lowest BCUT2D eigenvalue weighted by Crippen LogP contribution is -2.08. The molecule has 1 aromatic heterocycles. The summed E-state index contributed by atoms with van der Waals surface area (Å²) in [5.74, 6) is -0.894. The fourth-order valence-corrected chi connectivity index (χ4v) is 2.74. The summed E-state index contributed by atoms with van der Waals surface area (Å²) in [5.41, 5.74) is 3.42. The number of aromatic carboxylic acids is 1. The van der Waals surface area contributed by atoms with Crippen molar-refractivity contribution in [1.82, 2.24) is 4.57 Å². The molecule has 0 aliphatic heterocycles. The Bertz CT molecular complexity index is 582.